The minimum atomic E-state index is -3.79. The number of nitrogen functional groups attached to an aromatic ring is 1. The van der Waals surface area contributed by atoms with Crippen LogP contribution >= 0.6 is 0 Å². The van der Waals surface area contributed by atoms with Crippen molar-refractivity contribution in [3.63, 3.8) is 0 Å². The van der Waals surface area contributed by atoms with E-state index in [0.29, 0.717) is 27.7 Å². The molecule has 8 nitrogen and oxygen atoms in total. The van der Waals surface area contributed by atoms with Crippen molar-refractivity contribution in [1.82, 2.24) is 14.5 Å². The summed E-state index contributed by atoms with van der Waals surface area (Å²) in [6.07, 6.45) is 2.98. The molecule has 0 unspecified atom stereocenters. The molecule has 0 aliphatic heterocycles. The number of hydrogen-bond acceptors (Lipinski definition) is 6. The number of carbonyl (C=O) groups is 1. The Hall–Kier alpha value is -3.72. The fraction of sp³-hybridized carbons (Fsp3) is 0.0952. The summed E-state index contributed by atoms with van der Waals surface area (Å²) in [4.78, 5) is 21.5. The van der Waals surface area contributed by atoms with E-state index in [1.54, 1.807) is 61.1 Å². The molecule has 0 spiro atoms. The Labute approximate surface area is 173 Å². The lowest BCUT2D eigenvalue weighted by Crippen LogP contribution is -2.14. The minimum absolute atomic E-state index is 0.181. The quantitative estimate of drug-likeness (QED) is 0.478. The highest BCUT2D eigenvalue weighted by molar-refractivity contribution is 7.92. The fourth-order valence-electron chi connectivity index (χ4n) is 3.35. The molecular weight excluding hydrogens is 402 g/mol. The largest absolute Gasteiger partial charge is 0.383 e. The Bertz CT molecular complexity index is 1390. The molecule has 30 heavy (non-hydrogen) atoms. The van der Waals surface area contributed by atoms with Crippen LogP contribution in [0.15, 0.2) is 66.0 Å². The Morgan fingerprint density at radius 1 is 1.10 bits per heavy atom. The van der Waals surface area contributed by atoms with E-state index in [0.717, 1.165) is 0 Å². The standard InChI is InChI=1S/C21H19N5O3S/c1-13-6-3-4-9-17(13)30(28,29)25-15-8-5-7-14(10-15)19(27)16-11-26(2)21-18(16)20(22)23-12-24-21/h3-12,25H,1-2H3,(H2,22,23,24). The third kappa shape index (κ3) is 3.39. The lowest BCUT2D eigenvalue weighted by Gasteiger charge is -2.11. The predicted molar refractivity (Wildman–Crippen MR) is 115 cm³/mol. The summed E-state index contributed by atoms with van der Waals surface area (Å²) in [5.41, 5.74) is 8.09. The molecule has 152 valence electrons. The van der Waals surface area contributed by atoms with Crippen molar-refractivity contribution in [3.05, 3.63) is 77.7 Å². The van der Waals surface area contributed by atoms with Gasteiger partial charge in [-0.25, -0.2) is 18.4 Å². The molecule has 2 heterocycles. The summed E-state index contributed by atoms with van der Waals surface area (Å²) in [5.74, 6) is -0.0978. The van der Waals surface area contributed by atoms with Gasteiger partial charge in [-0.15, -0.1) is 0 Å². The van der Waals surface area contributed by atoms with Gasteiger partial charge in [0, 0.05) is 24.5 Å². The van der Waals surface area contributed by atoms with Crippen molar-refractivity contribution >= 4 is 38.3 Å². The maximum Gasteiger partial charge on any atom is 0.262 e. The van der Waals surface area contributed by atoms with Gasteiger partial charge < -0.3 is 10.3 Å². The van der Waals surface area contributed by atoms with E-state index in [4.69, 9.17) is 5.73 Å². The molecule has 0 atom stereocenters. The lowest BCUT2D eigenvalue weighted by molar-refractivity contribution is 0.104. The number of sulfonamides is 1. The Morgan fingerprint density at radius 3 is 2.63 bits per heavy atom. The number of ketones is 1. The van der Waals surface area contributed by atoms with Gasteiger partial charge >= 0.3 is 0 Å². The van der Waals surface area contributed by atoms with E-state index >= 15 is 0 Å². The minimum Gasteiger partial charge on any atom is -0.383 e. The second-order valence-electron chi connectivity index (χ2n) is 6.89. The number of rotatable bonds is 5. The summed E-state index contributed by atoms with van der Waals surface area (Å²) >= 11 is 0. The highest BCUT2D eigenvalue weighted by atomic mass is 32.2. The molecule has 4 aromatic rings. The van der Waals surface area contributed by atoms with Gasteiger partial charge in [0.05, 0.1) is 15.8 Å². The molecule has 3 N–H and O–H groups in total. The van der Waals surface area contributed by atoms with Gasteiger partial charge in [-0.3, -0.25) is 9.52 Å². The topological polar surface area (TPSA) is 120 Å². The molecule has 0 amide bonds. The zero-order chi connectivity index (χ0) is 21.5. The van der Waals surface area contributed by atoms with Crippen LogP contribution < -0.4 is 10.5 Å². The number of nitrogens with one attached hydrogen (secondary N) is 1. The first-order valence-corrected chi connectivity index (χ1v) is 10.5. The van der Waals surface area contributed by atoms with Gasteiger partial charge in [0.15, 0.2) is 5.78 Å². The van der Waals surface area contributed by atoms with Crippen molar-refractivity contribution in [2.45, 2.75) is 11.8 Å². The number of fused-ring (bicyclic) bond motifs is 1. The molecule has 0 aliphatic carbocycles. The molecular formula is C21H19N5O3S. The van der Waals surface area contributed by atoms with Crippen molar-refractivity contribution in [3.8, 4) is 0 Å². The van der Waals surface area contributed by atoms with E-state index in [9.17, 15) is 13.2 Å². The molecule has 0 saturated carbocycles. The number of anilines is 2. The smallest absolute Gasteiger partial charge is 0.262 e. The molecule has 0 bridgehead atoms. The van der Waals surface area contributed by atoms with E-state index in [2.05, 4.69) is 14.7 Å². The maximum absolute atomic E-state index is 13.2. The fourth-order valence-corrected chi connectivity index (χ4v) is 4.65. The summed E-state index contributed by atoms with van der Waals surface area (Å²) in [5, 5.41) is 0.468. The SMILES string of the molecule is Cc1ccccc1S(=O)(=O)Nc1cccc(C(=O)c2cn(C)c3ncnc(N)c23)c1. The molecule has 2 aromatic heterocycles. The van der Waals surface area contributed by atoms with Gasteiger partial charge in [0.25, 0.3) is 10.0 Å². The van der Waals surface area contributed by atoms with Crippen LogP contribution in [0.25, 0.3) is 11.0 Å². The first kappa shape index (κ1) is 19.6. The van der Waals surface area contributed by atoms with Crippen LogP contribution in [0.3, 0.4) is 0 Å². The number of carbonyl (C=O) groups excluding carboxylic acids is 1. The average molecular weight is 421 g/mol. The Morgan fingerprint density at radius 2 is 1.87 bits per heavy atom. The van der Waals surface area contributed by atoms with Crippen LogP contribution in [-0.4, -0.2) is 28.7 Å². The van der Waals surface area contributed by atoms with E-state index in [-0.39, 0.29) is 22.2 Å². The third-order valence-electron chi connectivity index (χ3n) is 4.79. The molecule has 0 saturated heterocycles. The normalized spacial score (nSPS) is 11.5. The summed E-state index contributed by atoms with van der Waals surface area (Å²) in [6.45, 7) is 1.72. The summed E-state index contributed by atoms with van der Waals surface area (Å²) in [6, 6.07) is 13.0. The van der Waals surface area contributed by atoms with Gasteiger partial charge in [0.1, 0.15) is 17.8 Å². The van der Waals surface area contributed by atoms with E-state index in [1.165, 1.54) is 18.5 Å². The number of hydrogen-bond donors (Lipinski definition) is 2. The highest BCUT2D eigenvalue weighted by Crippen LogP contribution is 2.27. The molecule has 0 fully saturated rings. The Kier molecular flexibility index (Phi) is 4.75. The number of aromatic nitrogens is 3. The van der Waals surface area contributed by atoms with Gasteiger partial charge in [-0.05, 0) is 30.7 Å². The van der Waals surface area contributed by atoms with Crippen LogP contribution in [0, 0.1) is 6.92 Å². The van der Waals surface area contributed by atoms with Crippen LogP contribution in [0.5, 0.6) is 0 Å². The van der Waals surface area contributed by atoms with Crippen molar-refractivity contribution < 1.29 is 13.2 Å². The van der Waals surface area contributed by atoms with Gasteiger partial charge in [-0.2, -0.15) is 0 Å². The third-order valence-corrected chi connectivity index (χ3v) is 6.33. The molecule has 2 aromatic carbocycles. The van der Waals surface area contributed by atoms with Gasteiger partial charge in [-0.1, -0.05) is 30.3 Å². The number of nitrogens with two attached hydrogens (primary N) is 1. The second-order valence-corrected chi connectivity index (χ2v) is 8.54. The zero-order valence-electron chi connectivity index (χ0n) is 16.3. The first-order valence-electron chi connectivity index (χ1n) is 9.06. The number of aryl methyl sites for hydroxylation is 2. The highest BCUT2D eigenvalue weighted by Gasteiger charge is 2.21. The lowest BCUT2D eigenvalue weighted by atomic mass is 10.0. The molecule has 9 heteroatoms. The zero-order valence-corrected chi connectivity index (χ0v) is 17.1. The number of benzene rings is 2. The first-order chi connectivity index (χ1) is 14.3. The van der Waals surface area contributed by atoms with Crippen LogP contribution in [0.4, 0.5) is 11.5 Å². The maximum atomic E-state index is 13.2. The van der Waals surface area contributed by atoms with Crippen LogP contribution in [0.2, 0.25) is 0 Å². The summed E-state index contributed by atoms with van der Waals surface area (Å²) < 4.78 is 29.8. The molecule has 0 radical (unpaired) electrons. The molecule has 4 rings (SSSR count). The molecule has 0 aliphatic rings. The van der Waals surface area contributed by atoms with Crippen LogP contribution in [-0.2, 0) is 17.1 Å². The van der Waals surface area contributed by atoms with Crippen molar-refractivity contribution in [1.29, 1.82) is 0 Å². The Balaban J connectivity index is 1.71. The number of nitrogens with zero attached hydrogens (tertiary/aromatic N) is 3. The monoisotopic (exact) mass is 421 g/mol. The second kappa shape index (κ2) is 7.27. The summed E-state index contributed by atoms with van der Waals surface area (Å²) in [7, 11) is -2.03. The van der Waals surface area contributed by atoms with Gasteiger partial charge in [0.2, 0.25) is 0 Å². The van der Waals surface area contributed by atoms with Crippen molar-refractivity contribution in [2.24, 2.45) is 7.05 Å². The van der Waals surface area contributed by atoms with E-state index < -0.39 is 10.0 Å². The predicted octanol–water partition coefficient (Wildman–Crippen LogP) is 2.89. The van der Waals surface area contributed by atoms with E-state index in [1.807, 2.05) is 0 Å². The van der Waals surface area contributed by atoms with Crippen LogP contribution in [0.1, 0.15) is 21.5 Å². The average Bonchev–Trinajstić information content (AvgIpc) is 3.05. The van der Waals surface area contributed by atoms with Crippen molar-refractivity contribution in [2.75, 3.05) is 10.5 Å².